The van der Waals surface area contributed by atoms with E-state index in [1.165, 1.54) is 7.05 Å². The van der Waals surface area contributed by atoms with Gasteiger partial charge in [-0.1, -0.05) is 18.2 Å². The van der Waals surface area contributed by atoms with E-state index in [0.29, 0.717) is 16.5 Å². The highest BCUT2D eigenvalue weighted by Crippen LogP contribution is 2.13. The molecule has 3 amide bonds. The molecule has 1 heterocycles. The fourth-order valence-electron chi connectivity index (χ4n) is 1.87. The molecule has 9 nitrogen and oxygen atoms in total. The van der Waals surface area contributed by atoms with Crippen LogP contribution in [0.5, 0.6) is 0 Å². The smallest absolute Gasteiger partial charge is 0.321 e. The van der Waals surface area contributed by atoms with Gasteiger partial charge in [-0.3, -0.25) is 19.7 Å². The largest absolute Gasteiger partial charge is 0.455 e. The molecule has 1 aromatic carbocycles. The lowest BCUT2D eigenvalue weighted by Gasteiger charge is -2.06. The number of fused-ring (bicyclic) bond motifs is 1. The van der Waals surface area contributed by atoms with Crippen LogP contribution in [0.1, 0.15) is 5.69 Å². The Morgan fingerprint density at radius 2 is 1.91 bits per heavy atom. The number of imide groups is 1. The molecule has 0 atom stereocenters. The van der Waals surface area contributed by atoms with Crippen LogP contribution < -0.4 is 16.2 Å². The number of urea groups is 1. The van der Waals surface area contributed by atoms with Crippen molar-refractivity contribution in [2.75, 3.05) is 13.7 Å². The molecule has 120 valence electrons. The van der Waals surface area contributed by atoms with E-state index in [1.54, 1.807) is 24.3 Å². The number of aromatic nitrogens is 2. The van der Waals surface area contributed by atoms with Gasteiger partial charge in [-0.05, 0) is 6.07 Å². The van der Waals surface area contributed by atoms with Crippen molar-refractivity contribution < 1.29 is 19.1 Å². The Labute approximate surface area is 130 Å². The van der Waals surface area contributed by atoms with Crippen LogP contribution in [-0.4, -0.2) is 41.8 Å². The Bertz CT molecular complexity index is 814. The fourth-order valence-corrected chi connectivity index (χ4v) is 1.87. The average molecular weight is 318 g/mol. The number of aromatic amines is 1. The summed E-state index contributed by atoms with van der Waals surface area (Å²) >= 11 is 0. The summed E-state index contributed by atoms with van der Waals surface area (Å²) in [5.74, 6) is -1.46. The highest BCUT2D eigenvalue weighted by Gasteiger charge is 2.14. The molecule has 0 saturated carbocycles. The highest BCUT2D eigenvalue weighted by molar-refractivity contribution is 5.95. The van der Waals surface area contributed by atoms with Crippen molar-refractivity contribution in [3.05, 3.63) is 40.3 Å². The van der Waals surface area contributed by atoms with Gasteiger partial charge in [0.05, 0.1) is 17.5 Å². The normalized spacial score (nSPS) is 10.1. The van der Waals surface area contributed by atoms with Crippen molar-refractivity contribution in [2.45, 2.75) is 6.42 Å². The number of amides is 3. The summed E-state index contributed by atoms with van der Waals surface area (Å²) in [5.41, 5.74) is -0.0282. The first-order chi connectivity index (χ1) is 11.0. The molecule has 23 heavy (non-hydrogen) atoms. The quantitative estimate of drug-likeness (QED) is 0.649. The van der Waals surface area contributed by atoms with E-state index in [0.717, 1.165) is 0 Å². The number of ether oxygens (including phenoxy) is 1. The first-order valence-electron chi connectivity index (χ1n) is 6.64. The molecule has 0 saturated heterocycles. The Kier molecular flexibility index (Phi) is 5.03. The van der Waals surface area contributed by atoms with Gasteiger partial charge in [-0.25, -0.2) is 9.89 Å². The van der Waals surface area contributed by atoms with Crippen molar-refractivity contribution in [3.63, 3.8) is 0 Å². The third-order valence-electron chi connectivity index (χ3n) is 2.93. The number of hydrogen-bond acceptors (Lipinski definition) is 6. The Morgan fingerprint density at radius 1 is 1.22 bits per heavy atom. The van der Waals surface area contributed by atoms with E-state index < -0.39 is 24.5 Å². The maximum absolute atomic E-state index is 11.8. The lowest BCUT2D eigenvalue weighted by molar-refractivity contribution is -0.147. The second-order valence-electron chi connectivity index (χ2n) is 4.51. The van der Waals surface area contributed by atoms with Crippen molar-refractivity contribution in [2.24, 2.45) is 0 Å². The number of nitrogens with one attached hydrogen (secondary N) is 3. The zero-order chi connectivity index (χ0) is 16.8. The molecule has 0 unspecified atom stereocenters. The van der Waals surface area contributed by atoms with Gasteiger partial charge >= 0.3 is 12.0 Å². The molecular formula is C14H14N4O5. The minimum atomic E-state index is -0.753. The number of esters is 1. The molecular weight excluding hydrogens is 304 g/mol. The van der Waals surface area contributed by atoms with Crippen LogP contribution in [0.15, 0.2) is 29.1 Å². The first-order valence-corrected chi connectivity index (χ1v) is 6.64. The summed E-state index contributed by atoms with van der Waals surface area (Å²) in [4.78, 5) is 45.6. The molecule has 9 heteroatoms. The van der Waals surface area contributed by atoms with E-state index in [1.807, 2.05) is 5.32 Å². The summed E-state index contributed by atoms with van der Waals surface area (Å²) in [6.07, 6.45) is -0.218. The number of hydrogen-bond donors (Lipinski definition) is 3. The van der Waals surface area contributed by atoms with Crippen LogP contribution in [0.2, 0.25) is 0 Å². The number of benzene rings is 1. The third kappa shape index (κ3) is 4.13. The van der Waals surface area contributed by atoms with Crippen LogP contribution in [0.4, 0.5) is 4.79 Å². The zero-order valence-electron chi connectivity index (χ0n) is 12.2. The maximum atomic E-state index is 11.8. The van der Waals surface area contributed by atoms with Crippen molar-refractivity contribution in [1.82, 2.24) is 20.8 Å². The summed E-state index contributed by atoms with van der Waals surface area (Å²) in [7, 11) is 1.35. The molecule has 0 fully saturated rings. The molecule has 2 rings (SSSR count). The Hall–Kier alpha value is -3.23. The van der Waals surface area contributed by atoms with Gasteiger partial charge in [0.1, 0.15) is 0 Å². The van der Waals surface area contributed by atoms with Gasteiger partial charge in [0.15, 0.2) is 6.61 Å². The molecule has 0 aliphatic rings. The summed E-state index contributed by atoms with van der Waals surface area (Å²) in [5, 5.41) is 11.2. The highest BCUT2D eigenvalue weighted by atomic mass is 16.5. The van der Waals surface area contributed by atoms with Crippen LogP contribution in [-0.2, 0) is 20.7 Å². The van der Waals surface area contributed by atoms with E-state index in [9.17, 15) is 19.2 Å². The number of nitrogens with zero attached hydrogens (tertiary/aromatic N) is 1. The molecule has 0 bridgehead atoms. The molecule has 0 aliphatic carbocycles. The number of carbonyl (C=O) groups is 3. The molecule has 2 aromatic rings. The second kappa shape index (κ2) is 7.16. The predicted octanol–water partition coefficient (Wildman–Crippen LogP) is -0.536. The van der Waals surface area contributed by atoms with E-state index in [4.69, 9.17) is 4.74 Å². The Morgan fingerprint density at radius 3 is 2.61 bits per heavy atom. The second-order valence-corrected chi connectivity index (χ2v) is 4.51. The predicted molar refractivity (Wildman–Crippen MR) is 79.6 cm³/mol. The molecule has 0 radical (unpaired) electrons. The summed E-state index contributed by atoms with van der Waals surface area (Å²) in [6.45, 7) is -0.590. The van der Waals surface area contributed by atoms with Crippen LogP contribution in [0.25, 0.3) is 10.8 Å². The fraction of sp³-hybridized carbons (Fsp3) is 0.214. The third-order valence-corrected chi connectivity index (χ3v) is 2.93. The van der Waals surface area contributed by atoms with Gasteiger partial charge < -0.3 is 10.1 Å². The van der Waals surface area contributed by atoms with E-state index in [-0.39, 0.29) is 12.0 Å². The minimum absolute atomic E-state index is 0.218. The van der Waals surface area contributed by atoms with Gasteiger partial charge in [0.25, 0.3) is 11.5 Å². The monoisotopic (exact) mass is 318 g/mol. The zero-order valence-corrected chi connectivity index (χ0v) is 12.2. The lowest BCUT2D eigenvalue weighted by Crippen LogP contribution is -2.39. The number of H-pyrrole nitrogens is 1. The van der Waals surface area contributed by atoms with Gasteiger partial charge in [0, 0.05) is 12.4 Å². The molecule has 1 aromatic heterocycles. The summed E-state index contributed by atoms with van der Waals surface area (Å²) < 4.78 is 4.77. The van der Waals surface area contributed by atoms with Gasteiger partial charge in [-0.15, -0.1) is 0 Å². The van der Waals surface area contributed by atoms with Crippen molar-refractivity contribution >= 4 is 28.7 Å². The number of carbonyl (C=O) groups excluding carboxylic acids is 3. The molecule has 3 N–H and O–H groups in total. The molecule has 0 spiro atoms. The lowest BCUT2D eigenvalue weighted by atomic mass is 10.1. The van der Waals surface area contributed by atoms with Gasteiger partial charge in [-0.2, -0.15) is 5.10 Å². The van der Waals surface area contributed by atoms with Crippen molar-refractivity contribution in [3.8, 4) is 0 Å². The summed E-state index contributed by atoms with van der Waals surface area (Å²) in [6, 6.07) is 6.00. The standard InChI is InChI=1S/C14H14N4O5/c1-15-14(22)16-11(19)7-23-12(20)6-10-8-4-2-3-5-9(8)13(21)18-17-10/h2-5H,6-7H2,1H3,(H,18,21)(H2,15,16,19,22). The van der Waals surface area contributed by atoms with E-state index in [2.05, 4.69) is 15.5 Å². The van der Waals surface area contributed by atoms with Crippen LogP contribution >= 0.6 is 0 Å². The van der Waals surface area contributed by atoms with Crippen molar-refractivity contribution in [1.29, 1.82) is 0 Å². The van der Waals surface area contributed by atoms with E-state index >= 15 is 0 Å². The van der Waals surface area contributed by atoms with Gasteiger partial charge in [0.2, 0.25) is 0 Å². The van der Waals surface area contributed by atoms with Crippen LogP contribution in [0, 0.1) is 0 Å². The number of rotatable bonds is 4. The maximum Gasteiger partial charge on any atom is 0.321 e. The SMILES string of the molecule is CNC(=O)NC(=O)COC(=O)Cc1n[nH]c(=O)c2ccccc12. The first kappa shape index (κ1) is 16.1. The minimum Gasteiger partial charge on any atom is -0.455 e. The van der Waals surface area contributed by atoms with Crippen LogP contribution in [0.3, 0.4) is 0 Å². The topological polar surface area (TPSA) is 130 Å². The average Bonchev–Trinajstić information content (AvgIpc) is 2.55. The molecule has 0 aliphatic heterocycles. The Balaban J connectivity index is 2.01.